The van der Waals surface area contributed by atoms with Gasteiger partial charge in [0.1, 0.15) is 6.04 Å². The summed E-state index contributed by atoms with van der Waals surface area (Å²) in [5.41, 5.74) is 7.02. The zero-order valence-electron chi connectivity index (χ0n) is 16.9. The summed E-state index contributed by atoms with van der Waals surface area (Å²) in [4.78, 5) is 19.9. The van der Waals surface area contributed by atoms with Gasteiger partial charge in [0.2, 0.25) is 17.6 Å². The Hall–Kier alpha value is -1.92. The first-order valence-electron chi connectivity index (χ1n) is 10.6. The maximum absolute atomic E-state index is 13.3. The molecule has 2 heterocycles. The molecule has 1 atom stereocenters. The summed E-state index contributed by atoms with van der Waals surface area (Å²) < 4.78 is 5.60. The molecule has 1 aromatic heterocycles. The summed E-state index contributed by atoms with van der Waals surface area (Å²) in [7, 11) is 0. The van der Waals surface area contributed by atoms with Crippen molar-refractivity contribution in [1.82, 2.24) is 15.0 Å². The standard InChI is InChI=1S/C22H30N4O2.ClH/c23-16-22(12-6-2-7-13-22)15-19(27)26-14-8-5-11-18(26)21-24-20(25-28-21)17-9-3-1-4-10-17;/h1,3-4,9-10,18H,2,5-8,11-16,23H2;1H. The highest BCUT2D eigenvalue weighted by Crippen LogP contribution is 2.40. The number of hydrogen-bond donors (Lipinski definition) is 1. The van der Waals surface area contributed by atoms with Gasteiger partial charge in [-0.1, -0.05) is 54.8 Å². The van der Waals surface area contributed by atoms with Crippen molar-refractivity contribution in [2.75, 3.05) is 13.1 Å². The van der Waals surface area contributed by atoms with Gasteiger partial charge in [0.05, 0.1) is 0 Å². The van der Waals surface area contributed by atoms with E-state index in [-0.39, 0.29) is 29.8 Å². The molecule has 158 valence electrons. The maximum atomic E-state index is 13.3. The van der Waals surface area contributed by atoms with E-state index in [9.17, 15) is 4.79 Å². The number of amides is 1. The highest BCUT2D eigenvalue weighted by molar-refractivity contribution is 5.85. The second-order valence-electron chi connectivity index (χ2n) is 8.36. The van der Waals surface area contributed by atoms with Crippen LogP contribution in [0, 0.1) is 5.41 Å². The summed E-state index contributed by atoms with van der Waals surface area (Å²) in [5.74, 6) is 1.33. The van der Waals surface area contributed by atoms with Crippen molar-refractivity contribution < 1.29 is 9.32 Å². The number of aromatic nitrogens is 2. The first-order valence-corrected chi connectivity index (χ1v) is 10.6. The normalized spacial score (nSPS) is 21.4. The molecule has 2 aromatic rings. The summed E-state index contributed by atoms with van der Waals surface area (Å²) in [6, 6.07) is 9.68. The number of piperidine rings is 1. The van der Waals surface area contributed by atoms with E-state index in [0.29, 0.717) is 24.7 Å². The van der Waals surface area contributed by atoms with Gasteiger partial charge < -0.3 is 15.2 Å². The lowest BCUT2D eigenvalue weighted by atomic mass is 9.71. The number of benzene rings is 1. The van der Waals surface area contributed by atoms with Gasteiger partial charge in [0.25, 0.3) is 0 Å². The molecule has 1 saturated heterocycles. The molecule has 2 fully saturated rings. The Kier molecular flexibility index (Phi) is 7.30. The first-order chi connectivity index (χ1) is 13.7. The number of rotatable bonds is 5. The summed E-state index contributed by atoms with van der Waals surface area (Å²) in [6.45, 7) is 1.35. The average Bonchev–Trinajstić information content (AvgIpc) is 3.25. The van der Waals surface area contributed by atoms with E-state index >= 15 is 0 Å². The molecule has 6 nitrogen and oxygen atoms in total. The monoisotopic (exact) mass is 418 g/mol. The van der Waals surface area contributed by atoms with E-state index in [0.717, 1.165) is 44.2 Å². The number of nitrogens with zero attached hydrogens (tertiary/aromatic N) is 3. The molecule has 0 bridgehead atoms. The van der Waals surface area contributed by atoms with Crippen molar-refractivity contribution in [2.45, 2.75) is 63.8 Å². The smallest absolute Gasteiger partial charge is 0.249 e. The minimum Gasteiger partial charge on any atom is -0.337 e. The minimum absolute atomic E-state index is 0. The molecule has 1 unspecified atom stereocenters. The molecule has 1 amide bonds. The summed E-state index contributed by atoms with van der Waals surface area (Å²) >= 11 is 0. The second kappa shape index (κ2) is 9.72. The van der Waals surface area contributed by atoms with Gasteiger partial charge in [0.15, 0.2) is 0 Å². The molecular weight excluding hydrogens is 388 g/mol. The molecule has 2 aliphatic rings. The Bertz CT molecular complexity index is 789. The Balaban J connectivity index is 0.00000240. The van der Waals surface area contributed by atoms with Crippen LogP contribution < -0.4 is 5.73 Å². The molecule has 1 aliphatic heterocycles. The fraction of sp³-hybridized carbons (Fsp3) is 0.591. The Labute approximate surface area is 178 Å². The SMILES string of the molecule is Cl.NCC1(CC(=O)N2CCCCC2c2nc(-c3ccccc3)no2)CCCCC1. The number of hydrogen-bond acceptors (Lipinski definition) is 5. The lowest BCUT2D eigenvalue weighted by Gasteiger charge is -2.40. The molecule has 1 saturated carbocycles. The van der Waals surface area contributed by atoms with Gasteiger partial charge in [-0.05, 0) is 44.1 Å². The van der Waals surface area contributed by atoms with Crippen LogP contribution in [0.1, 0.15) is 69.7 Å². The highest BCUT2D eigenvalue weighted by Gasteiger charge is 2.38. The number of halogens is 1. The lowest BCUT2D eigenvalue weighted by Crippen LogP contribution is -2.43. The highest BCUT2D eigenvalue weighted by atomic mass is 35.5. The number of carbonyl (C=O) groups excluding carboxylic acids is 1. The molecule has 2 N–H and O–H groups in total. The molecule has 0 radical (unpaired) electrons. The predicted molar refractivity (Wildman–Crippen MR) is 114 cm³/mol. The molecule has 7 heteroatoms. The van der Waals surface area contributed by atoms with Crippen LogP contribution in [0.3, 0.4) is 0 Å². The molecule has 1 aliphatic carbocycles. The third kappa shape index (κ3) is 4.81. The van der Waals surface area contributed by atoms with E-state index in [2.05, 4.69) is 10.1 Å². The molecule has 1 aromatic carbocycles. The third-order valence-electron chi connectivity index (χ3n) is 6.46. The van der Waals surface area contributed by atoms with E-state index in [1.54, 1.807) is 0 Å². The van der Waals surface area contributed by atoms with Gasteiger partial charge >= 0.3 is 0 Å². The quantitative estimate of drug-likeness (QED) is 0.771. The van der Waals surface area contributed by atoms with Crippen LogP contribution in [-0.4, -0.2) is 34.0 Å². The lowest BCUT2D eigenvalue weighted by molar-refractivity contribution is -0.138. The van der Waals surface area contributed by atoms with Crippen LogP contribution >= 0.6 is 12.4 Å². The van der Waals surface area contributed by atoms with Gasteiger partial charge in [-0.3, -0.25) is 4.79 Å². The van der Waals surface area contributed by atoms with Crippen LogP contribution in [0.25, 0.3) is 11.4 Å². The van der Waals surface area contributed by atoms with Gasteiger partial charge in [-0.25, -0.2) is 0 Å². The van der Waals surface area contributed by atoms with Gasteiger partial charge in [0, 0.05) is 18.5 Å². The average molecular weight is 419 g/mol. The van der Waals surface area contributed by atoms with Crippen LogP contribution in [0.4, 0.5) is 0 Å². The van der Waals surface area contributed by atoms with Crippen LogP contribution in [0.2, 0.25) is 0 Å². The fourth-order valence-electron chi connectivity index (χ4n) is 4.74. The Morgan fingerprint density at radius 1 is 1.14 bits per heavy atom. The van der Waals surface area contributed by atoms with Crippen molar-refractivity contribution in [3.8, 4) is 11.4 Å². The number of nitrogens with two attached hydrogens (primary N) is 1. The predicted octanol–water partition coefficient (Wildman–Crippen LogP) is 4.51. The van der Waals surface area contributed by atoms with E-state index < -0.39 is 0 Å². The van der Waals surface area contributed by atoms with E-state index in [1.807, 2.05) is 35.2 Å². The molecular formula is C22H31ClN4O2. The Morgan fingerprint density at radius 2 is 1.90 bits per heavy atom. The maximum Gasteiger partial charge on any atom is 0.249 e. The van der Waals surface area contributed by atoms with Crippen LogP contribution in [0.5, 0.6) is 0 Å². The molecule has 0 spiro atoms. The number of carbonyl (C=O) groups is 1. The summed E-state index contributed by atoms with van der Waals surface area (Å²) in [6.07, 6.45) is 9.25. The second-order valence-corrected chi connectivity index (χ2v) is 8.36. The van der Waals surface area contributed by atoms with Crippen molar-refractivity contribution in [3.05, 3.63) is 36.2 Å². The zero-order chi connectivity index (χ0) is 19.4. The van der Waals surface area contributed by atoms with Crippen molar-refractivity contribution in [2.24, 2.45) is 11.1 Å². The Morgan fingerprint density at radius 3 is 2.62 bits per heavy atom. The van der Waals surface area contributed by atoms with Crippen LogP contribution in [0.15, 0.2) is 34.9 Å². The molecule has 29 heavy (non-hydrogen) atoms. The topological polar surface area (TPSA) is 85.3 Å². The van der Waals surface area contributed by atoms with Crippen molar-refractivity contribution in [1.29, 1.82) is 0 Å². The molecule has 4 rings (SSSR count). The van der Waals surface area contributed by atoms with Crippen molar-refractivity contribution >= 4 is 18.3 Å². The largest absolute Gasteiger partial charge is 0.337 e. The van der Waals surface area contributed by atoms with Crippen molar-refractivity contribution in [3.63, 3.8) is 0 Å². The van der Waals surface area contributed by atoms with Crippen LogP contribution in [-0.2, 0) is 4.79 Å². The van der Waals surface area contributed by atoms with Gasteiger partial charge in [-0.2, -0.15) is 4.98 Å². The fourth-order valence-corrected chi connectivity index (χ4v) is 4.74. The van der Waals surface area contributed by atoms with E-state index in [1.165, 1.54) is 19.3 Å². The van der Waals surface area contributed by atoms with Gasteiger partial charge in [-0.15, -0.1) is 12.4 Å². The third-order valence-corrected chi connectivity index (χ3v) is 6.46. The minimum atomic E-state index is -0.121. The first kappa shape index (κ1) is 21.8. The summed E-state index contributed by atoms with van der Waals surface area (Å²) in [5, 5.41) is 4.16. The number of likely N-dealkylation sites (tertiary alicyclic amines) is 1. The zero-order valence-corrected chi connectivity index (χ0v) is 17.7. The van der Waals surface area contributed by atoms with E-state index in [4.69, 9.17) is 10.3 Å².